The number of carbonyl (C=O) groups is 2. The Labute approximate surface area is 108 Å². The number of hydrogen-bond acceptors (Lipinski definition) is 2. The first-order chi connectivity index (χ1) is 8.63. The summed E-state index contributed by atoms with van der Waals surface area (Å²) in [5.74, 6) is 2.63. The van der Waals surface area contributed by atoms with Crippen molar-refractivity contribution in [1.82, 2.24) is 10.2 Å². The van der Waals surface area contributed by atoms with E-state index in [1.165, 1.54) is 0 Å². The number of rotatable bonds is 3. The van der Waals surface area contributed by atoms with Crippen LogP contribution in [0.15, 0.2) is 0 Å². The zero-order valence-electron chi connectivity index (χ0n) is 10.9. The summed E-state index contributed by atoms with van der Waals surface area (Å²) in [6, 6.07) is -0.00831. The van der Waals surface area contributed by atoms with Crippen molar-refractivity contribution in [2.75, 3.05) is 6.54 Å². The summed E-state index contributed by atoms with van der Waals surface area (Å²) in [6.07, 6.45) is 10.2. The Morgan fingerprint density at radius 3 is 2.67 bits per heavy atom. The van der Waals surface area contributed by atoms with E-state index in [2.05, 4.69) is 11.2 Å². The fourth-order valence-electron chi connectivity index (χ4n) is 3.08. The Hall–Kier alpha value is -1.50. The van der Waals surface area contributed by atoms with Crippen LogP contribution in [-0.2, 0) is 9.59 Å². The van der Waals surface area contributed by atoms with Gasteiger partial charge in [-0.2, -0.15) is 0 Å². The van der Waals surface area contributed by atoms with Crippen LogP contribution in [0.25, 0.3) is 0 Å². The topological polar surface area (TPSA) is 49.4 Å². The molecule has 98 valence electrons. The lowest BCUT2D eigenvalue weighted by molar-refractivity contribution is -0.152. The van der Waals surface area contributed by atoms with Crippen molar-refractivity contribution in [2.45, 2.75) is 57.0 Å². The van der Waals surface area contributed by atoms with Gasteiger partial charge in [-0.15, -0.1) is 12.3 Å². The monoisotopic (exact) mass is 248 g/mol. The van der Waals surface area contributed by atoms with Gasteiger partial charge in [-0.3, -0.25) is 9.59 Å². The van der Waals surface area contributed by atoms with Crippen molar-refractivity contribution in [2.24, 2.45) is 0 Å². The molecule has 2 aliphatic rings. The summed E-state index contributed by atoms with van der Waals surface area (Å²) in [6.45, 7) is 2.16. The third-order valence-corrected chi connectivity index (χ3v) is 4.09. The van der Waals surface area contributed by atoms with Crippen LogP contribution in [0.2, 0.25) is 0 Å². The van der Waals surface area contributed by atoms with Crippen LogP contribution in [0.1, 0.15) is 45.4 Å². The lowest BCUT2D eigenvalue weighted by Crippen LogP contribution is -2.67. The van der Waals surface area contributed by atoms with E-state index < -0.39 is 5.54 Å². The quantitative estimate of drug-likeness (QED) is 0.759. The Bertz CT molecular complexity index is 391. The Kier molecular flexibility index (Phi) is 3.60. The van der Waals surface area contributed by atoms with E-state index in [1.54, 1.807) is 4.90 Å². The molecule has 1 unspecified atom stereocenters. The summed E-state index contributed by atoms with van der Waals surface area (Å²) in [4.78, 5) is 26.2. The number of carbonyl (C=O) groups excluding carboxylic acids is 2. The summed E-state index contributed by atoms with van der Waals surface area (Å²) in [5.41, 5.74) is -0.628. The van der Waals surface area contributed by atoms with Gasteiger partial charge in [-0.1, -0.05) is 19.8 Å². The molecule has 1 atom stereocenters. The molecule has 2 rings (SSSR count). The van der Waals surface area contributed by atoms with Gasteiger partial charge in [-0.25, -0.2) is 0 Å². The van der Waals surface area contributed by atoms with Gasteiger partial charge in [0.25, 0.3) is 0 Å². The van der Waals surface area contributed by atoms with E-state index in [-0.39, 0.29) is 24.4 Å². The Morgan fingerprint density at radius 2 is 2.11 bits per heavy atom. The van der Waals surface area contributed by atoms with Crippen molar-refractivity contribution in [3.8, 4) is 12.3 Å². The molecule has 1 saturated heterocycles. The van der Waals surface area contributed by atoms with E-state index in [4.69, 9.17) is 6.42 Å². The molecule has 1 N–H and O–H groups in total. The number of hydrogen-bond donors (Lipinski definition) is 1. The van der Waals surface area contributed by atoms with Crippen LogP contribution in [0.5, 0.6) is 0 Å². The van der Waals surface area contributed by atoms with Crippen LogP contribution in [-0.4, -0.2) is 34.8 Å². The first-order valence-corrected chi connectivity index (χ1v) is 6.68. The normalized spacial score (nSPS) is 23.9. The first kappa shape index (κ1) is 12.9. The molecule has 1 spiro atoms. The summed E-state index contributed by atoms with van der Waals surface area (Å²) in [5, 5.41) is 2.91. The number of piperazine rings is 1. The minimum atomic E-state index is -0.628. The smallest absolute Gasteiger partial charge is 0.249 e. The largest absolute Gasteiger partial charge is 0.340 e. The lowest BCUT2D eigenvalue weighted by Gasteiger charge is -2.42. The SMILES string of the molecule is C#CCC(CC)N1CC(=O)NC2(CCCC2)C1=O. The molecule has 0 aromatic carbocycles. The zero-order chi connectivity index (χ0) is 13.2. The molecule has 0 radical (unpaired) electrons. The Morgan fingerprint density at radius 1 is 1.44 bits per heavy atom. The molecule has 1 aliphatic heterocycles. The second kappa shape index (κ2) is 5.01. The van der Waals surface area contributed by atoms with Crippen LogP contribution in [0.4, 0.5) is 0 Å². The first-order valence-electron chi connectivity index (χ1n) is 6.68. The molecular formula is C14H20N2O2. The molecule has 1 heterocycles. The highest BCUT2D eigenvalue weighted by molar-refractivity contribution is 5.98. The standard InChI is InChI=1S/C14H20N2O2/c1-3-7-11(4-2)16-10-12(17)15-14(13(16)18)8-5-6-9-14/h1,11H,4-10H2,2H3,(H,15,17). The number of terminal acetylenes is 1. The fraction of sp³-hybridized carbons (Fsp3) is 0.714. The van der Waals surface area contributed by atoms with Gasteiger partial charge in [-0.05, 0) is 19.3 Å². The zero-order valence-corrected chi connectivity index (χ0v) is 10.9. The molecule has 1 aliphatic carbocycles. The van der Waals surface area contributed by atoms with Crippen LogP contribution >= 0.6 is 0 Å². The van der Waals surface area contributed by atoms with E-state index in [9.17, 15) is 9.59 Å². The molecular weight excluding hydrogens is 228 g/mol. The third kappa shape index (κ3) is 2.10. The maximum absolute atomic E-state index is 12.6. The average Bonchev–Trinajstić information content (AvgIpc) is 2.80. The van der Waals surface area contributed by atoms with Crippen LogP contribution < -0.4 is 5.32 Å². The van der Waals surface area contributed by atoms with E-state index in [0.29, 0.717) is 6.42 Å². The predicted octanol–water partition coefficient (Wildman–Crippen LogP) is 1.06. The molecule has 4 nitrogen and oxygen atoms in total. The highest BCUT2D eigenvalue weighted by Crippen LogP contribution is 2.34. The van der Waals surface area contributed by atoms with Gasteiger partial charge >= 0.3 is 0 Å². The maximum Gasteiger partial charge on any atom is 0.249 e. The minimum absolute atomic E-state index is 0.00831. The molecule has 2 amide bonds. The number of nitrogens with zero attached hydrogens (tertiary/aromatic N) is 1. The van der Waals surface area contributed by atoms with Gasteiger partial charge in [0.2, 0.25) is 11.8 Å². The van der Waals surface area contributed by atoms with Crippen molar-refractivity contribution >= 4 is 11.8 Å². The van der Waals surface area contributed by atoms with Crippen LogP contribution in [0, 0.1) is 12.3 Å². The molecule has 0 aromatic rings. The van der Waals surface area contributed by atoms with E-state index in [1.807, 2.05) is 6.92 Å². The highest BCUT2D eigenvalue weighted by atomic mass is 16.2. The third-order valence-electron chi connectivity index (χ3n) is 4.09. The molecule has 0 aromatic heterocycles. The molecule has 2 fully saturated rings. The van der Waals surface area contributed by atoms with Gasteiger partial charge in [0, 0.05) is 12.5 Å². The highest BCUT2D eigenvalue weighted by Gasteiger charge is 2.49. The van der Waals surface area contributed by atoms with Crippen molar-refractivity contribution in [3.05, 3.63) is 0 Å². The molecule has 1 saturated carbocycles. The second-order valence-electron chi connectivity index (χ2n) is 5.24. The van der Waals surface area contributed by atoms with Crippen LogP contribution in [0.3, 0.4) is 0 Å². The van der Waals surface area contributed by atoms with Gasteiger partial charge in [0.15, 0.2) is 0 Å². The molecule has 0 bridgehead atoms. The summed E-state index contributed by atoms with van der Waals surface area (Å²) in [7, 11) is 0. The fourth-order valence-corrected chi connectivity index (χ4v) is 3.08. The number of amides is 2. The minimum Gasteiger partial charge on any atom is -0.340 e. The van der Waals surface area contributed by atoms with E-state index in [0.717, 1.165) is 32.1 Å². The van der Waals surface area contributed by atoms with Crippen molar-refractivity contribution in [3.63, 3.8) is 0 Å². The lowest BCUT2D eigenvalue weighted by atomic mass is 9.91. The number of nitrogens with one attached hydrogen (secondary N) is 1. The second-order valence-corrected chi connectivity index (χ2v) is 5.24. The molecule has 4 heteroatoms. The predicted molar refractivity (Wildman–Crippen MR) is 68.6 cm³/mol. The van der Waals surface area contributed by atoms with Gasteiger partial charge in [0.1, 0.15) is 5.54 Å². The van der Waals surface area contributed by atoms with E-state index >= 15 is 0 Å². The van der Waals surface area contributed by atoms with Crippen molar-refractivity contribution < 1.29 is 9.59 Å². The van der Waals surface area contributed by atoms with Gasteiger partial charge < -0.3 is 10.2 Å². The summed E-state index contributed by atoms with van der Waals surface area (Å²) < 4.78 is 0. The molecule has 18 heavy (non-hydrogen) atoms. The van der Waals surface area contributed by atoms with Crippen molar-refractivity contribution in [1.29, 1.82) is 0 Å². The Balaban J connectivity index is 2.22. The van der Waals surface area contributed by atoms with Gasteiger partial charge in [0.05, 0.1) is 6.54 Å². The maximum atomic E-state index is 12.6. The average molecular weight is 248 g/mol. The summed E-state index contributed by atoms with van der Waals surface area (Å²) >= 11 is 0.